The predicted molar refractivity (Wildman–Crippen MR) is 101 cm³/mol. The normalized spacial score (nSPS) is 23.8. The third-order valence-corrected chi connectivity index (χ3v) is 7.09. The monoisotopic (exact) mass is 368 g/mol. The summed E-state index contributed by atoms with van der Waals surface area (Å²) < 4.78 is 0.888. The molecule has 0 bridgehead atoms. The summed E-state index contributed by atoms with van der Waals surface area (Å²) in [5.41, 5.74) is 0. The van der Waals surface area contributed by atoms with Crippen molar-refractivity contribution in [2.24, 2.45) is 5.92 Å². The average molecular weight is 369 g/mol. The van der Waals surface area contributed by atoms with Crippen molar-refractivity contribution in [3.8, 4) is 0 Å². The summed E-state index contributed by atoms with van der Waals surface area (Å²) >= 11 is 3.09. The van der Waals surface area contributed by atoms with Gasteiger partial charge in [0.25, 0.3) is 0 Å². The number of hydrogen-bond acceptors (Lipinski definition) is 6. The van der Waals surface area contributed by atoms with Crippen molar-refractivity contribution in [3.05, 3.63) is 0 Å². The van der Waals surface area contributed by atoms with Crippen LogP contribution in [-0.2, 0) is 4.79 Å². The summed E-state index contributed by atoms with van der Waals surface area (Å²) in [5.74, 6) is 1.52. The number of amides is 1. The van der Waals surface area contributed by atoms with Crippen molar-refractivity contribution >= 4 is 34.1 Å². The molecule has 0 spiro atoms. The third-order valence-electron chi connectivity index (χ3n) is 5.10. The van der Waals surface area contributed by atoms with Gasteiger partial charge in [-0.2, -0.15) is 0 Å². The number of rotatable bonds is 7. The van der Waals surface area contributed by atoms with Gasteiger partial charge in [0.15, 0.2) is 4.34 Å². The van der Waals surface area contributed by atoms with E-state index in [0.717, 1.165) is 34.9 Å². The standard InChI is InChI=1S/C17H28N4OS2/c1-2-3-10-18-16-19-20-17(24-16)23-12-15(22)21-11-6-8-13-7-4-5-9-14(13)21/h13-14H,2-12H2,1H3,(H,18,19). The summed E-state index contributed by atoms with van der Waals surface area (Å²) in [6, 6.07) is 0.501. The zero-order valence-corrected chi connectivity index (χ0v) is 16.1. The second kappa shape index (κ2) is 9.04. The van der Waals surface area contributed by atoms with E-state index in [1.165, 1.54) is 56.7 Å². The lowest BCUT2D eigenvalue weighted by Gasteiger charge is -2.44. The molecule has 2 fully saturated rings. The highest BCUT2D eigenvalue weighted by Gasteiger charge is 2.35. The van der Waals surface area contributed by atoms with Crippen LogP contribution in [0.15, 0.2) is 4.34 Å². The van der Waals surface area contributed by atoms with Crippen LogP contribution in [0.4, 0.5) is 5.13 Å². The molecule has 1 N–H and O–H groups in total. The van der Waals surface area contributed by atoms with E-state index in [-0.39, 0.29) is 5.91 Å². The highest BCUT2D eigenvalue weighted by Crippen LogP contribution is 2.36. The van der Waals surface area contributed by atoms with Gasteiger partial charge in [0.2, 0.25) is 11.0 Å². The number of anilines is 1. The van der Waals surface area contributed by atoms with E-state index in [2.05, 4.69) is 27.3 Å². The maximum absolute atomic E-state index is 12.7. The first-order valence-electron chi connectivity index (χ1n) is 9.27. The Morgan fingerprint density at radius 1 is 1.29 bits per heavy atom. The van der Waals surface area contributed by atoms with E-state index in [1.807, 2.05) is 0 Å². The molecule has 1 aromatic rings. The van der Waals surface area contributed by atoms with Gasteiger partial charge in [0.1, 0.15) is 0 Å². The Labute approximate surface area is 153 Å². The average Bonchev–Trinajstić information content (AvgIpc) is 3.07. The topological polar surface area (TPSA) is 58.1 Å². The van der Waals surface area contributed by atoms with Gasteiger partial charge < -0.3 is 10.2 Å². The van der Waals surface area contributed by atoms with Crippen molar-refractivity contribution in [1.82, 2.24) is 15.1 Å². The van der Waals surface area contributed by atoms with Gasteiger partial charge in [-0.3, -0.25) is 4.79 Å². The van der Waals surface area contributed by atoms with Gasteiger partial charge in [-0.05, 0) is 38.0 Å². The van der Waals surface area contributed by atoms with Gasteiger partial charge in [0, 0.05) is 19.1 Å². The minimum atomic E-state index is 0.285. The number of nitrogens with one attached hydrogen (secondary N) is 1. The first-order chi connectivity index (χ1) is 11.8. The molecule has 1 saturated carbocycles. The van der Waals surface area contributed by atoms with Crippen LogP contribution in [0.25, 0.3) is 0 Å². The number of thioether (sulfide) groups is 1. The maximum Gasteiger partial charge on any atom is 0.233 e. The molecule has 1 amide bonds. The van der Waals surface area contributed by atoms with Gasteiger partial charge in [-0.25, -0.2) is 0 Å². The minimum absolute atomic E-state index is 0.285. The van der Waals surface area contributed by atoms with Crippen LogP contribution in [0.3, 0.4) is 0 Å². The number of fused-ring (bicyclic) bond motifs is 1. The fourth-order valence-electron chi connectivity index (χ4n) is 3.85. The number of carbonyl (C=O) groups is 1. The highest BCUT2D eigenvalue weighted by atomic mass is 32.2. The first kappa shape index (κ1) is 18.0. The molecule has 134 valence electrons. The Morgan fingerprint density at radius 3 is 3.00 bits per heavy atom. The van der Waals surface area contributed by atoms with Crippen LogP contribution in [0.5, 0.6) is 0 Å². The quantitative estimate of drug-likeness (QED) is 0.582. The summed E-state index contributed by atoms with van der Waals surface area (Å²) in [5, 5.41) is 12.5. The van der Waals surface area contributed by atoms with Crippen LogP contribution in [0.2, 0.25) is 0 Å². The number of piperidine rings is 1. The molecule has 2 unspecified atom stereocenters. The van der Waals surface area contributed by atoms with Gasteiger partial charge >= 0.3 is 0 Å². The van der Waals surface area contributed by atoms with Crippen molar-refractivity contribution in [2.45, 2.75) is 68.7 Å². The van der Waals surface area contributed by atoms with E-state index in [9.17, 15) is 4.79 Å². The lowest BCUT2D eigenvalue weighted by molar-refractivity contribution is -0.134. The van der Waals surface area contributed by atoms with E-state index in [4.69, 9.17) is 0 Å². The van der Waals surface area contributed by atoms with Gasteiger partial charge in [-0.15, -0.1) is 10.2 Å². The summed E-state index contributed by atoms with van der Waals surface area (Å²) in [7, 11) is 0. The summed E-state index contributed by atoms with van der Waals surface area (Å²) in [4.78, 5) is 14.9. The van der Waals surface area contributed by atoms with Crippen LogP contribution in [-0.4, -0.2) is 45.9 Å². The molecule has 2 atom stereocenters. The van der Waals surface area contributed by atoms with E-state index >= 15 is 0 Å². The highest BCUT2D eigenvalue weighted by molar-refractivity contribution is 8.01. The van der Waals surface area contributed by atoms with E-state index in [0.29, 0.717) is 11.8 Å². The molecule has 5 nitrogen and oxygen atoms in total. The summed E-state index contributed by atoms with van der Waals surface area (Å²) in [6.45, 7) is 4.05. The van der Waals surface area contributed by atoms with Crippen LogP contribution < -0.4 is 5.32 Å². The minimum Gasteiger partial charge on any atom is -0.360 e. The third kappa shape index (κ3) is 4.63. The number of unbranched alkanes of at least 4 members (excludes halogenated alkanes) is 1. The largest absolute Gasteiger partial charge is 0.360 e. The van der Waals surface area contributed by atoms with Gasteiger partial charge in [-0.1, -0.05) is 49.3 Å². The molecule has 1 aliphatic carbocycles. The van der Waals surface area contributed by atoms with Crippen molar-refractivity contribution in [1.29, 1.82) is 0 Å². The maximum atomic E-state index is 12.7. The van der Waals surface area contributed by atoms with Crippen LogP contribution >= 0.6 is 23.1 Å². The summed E-state index contributed by atoms with van der Waals surface area (Å²) in [6.07, 6.45) is 9.92. The molecule has 1 aliphatic heterocycles. The fraction of sp³-hybridized carbons (Fsp3) is 0.824. The second-order valence-electron chi connectivity index (χ2n) is 6.78. The zero-order chi connectivity index (χ0) is 16.8. The molecule has 3 rings (SSSR count). The predicted octanol–water partition coefficient (Wildman–Crippen LogP) is 4.02. The number of nitrogens with zero attached hydrogens (tertiary/aromatic N) is 3. The second-order valence-corrected chi connectivity index (χ2v) is 8.98. The molecule has 24 heavy (non-hydrogen) atoms. The first-order valence-corrected chi connectivity index (χ1v) is 11.1. The lowest BCUT2D eigenvalue weighted by Crippen LogP contribution is -2.50. The molecule has 7 heteroatoms. The van der Waals surface area contributed by atoms with Crippen LogP contribution in [0.1, 0.15) is 58.3 Å². The van der Waals surface area contributed by atoms with Gasteiger partial charge in [0.05, 0.1) is 5.75 Å². The molecule has 0 radical (unpaired) electrons. The lowest BCUT2D eigenvalue weighted by atomic mass is 9.78. The number of hydrogen-bond donors (Lipinski definition) is 1. The SMILES string of the molecule is CCCCNc1nnc(SCC(=O)N2CCCC3CCCCC32)s1. The molecule has 0 aromatic carbocycles. The van der Waals surface area contributed by atoms with Crippen molar-refractivity contribution in [3.63, 3.8) is 0 Å². The van der Waals surface area contributed by atoms with Crippen LogP contribution in [0, 0.1) is 5.92 Å². The van der Waals surface area contributed by atoms with E-state index < -0.39 is 0 Å². The Kier molecular flexibility index (Phi) is 6.77. The molecule has 1 saturated heterocycles. The Morgan fingerprint density at radius 2 is 2.12 bits per heavy atom. The Bertz CT molecular complexity index is 534. The molecule has 1 aromatic heterocycles. The number of carbonyl (C=O) groups excluding carboxylic acids is 1. The fourth-order valence-corrected chi connectivity index (χ4v) is 5.52. The zero-order valence-electron chi connectivity index (χ0n) is 14.5. The Balaban J connectivity index is 1.48. The van der Waals surface area contributed by atoms with Crippen molar-refractivity contribution < 1.29 is 4.79 Å². The Hall–Kier alpha value is -0.820. The number of aromatic nitrogens is 2. The molecule has 2 heterocycles. The molecule has 2 aliphatic rings. The van der Waals surface area contributed by atoms with Crippen molar-refractivity contribution in [2.75, 3.05) is 24.2 Å². The smallest absolute Gasteiger partial charge is 0.233 e. The molecular formula is C17H28N4OS2. The number of likely N-dealkylation sites (tertiary alicyclic amines) is 1. The van der Waals surface area contributed by atoms with E-state index in [1.54, 1.807) is 11.3 Å². The molecular weight excluding hydrogens is 340 g/mol.